The van der Waals surface area contributed by atoms with Crippen LogP contribution in [0.4, 0.5) is 5.69 Å². The van der Waals surface area contributed by atoms with Crippen molar-refractivity contribution in [2.24, 2.45) is 0 Å². The molecule has 13 heavy (non-hydrogen) atoms. The molecule has 1 heterocycles. The second-order valence-electron chi connectivity index (χ2n) is 2.92. The lowest BCUT2D eigenvalue weighted by molar-refractivity contribution is 1.34. The van der Waals surface area contributed by atoms with E-state index < -0.39 is 0 Å². The zero-order chi connectivity index (χ0) is 9.10. The van der Waals surface area contributed by atoms with Crippen LogP contribution in [0.3, 0.4) is 0 Å². The molecule has 0 saturated carbocycles. The van der Waals surface area contributed by atoms with Crippen LogP contribution in [0, 0.1) is 0 Å². The first-order valence-corrected chi connectivity index (χ1v) is 4.32. The van der Waals surface area contributed by atoms with Crippen LogP contribution in [0.5, 0.6) is 0 Å². The van der Waals surface area contributed by atoms with Gasteiger partial charge >= 0.3 is 0 Å². The fraction of sp³-hybridized carbons (Fsp3) is 0.0909. The van der Waals surface area contributed by atoms with Gasteiger partial charge in [0, 0.05) is 18.1 Å². The van der Waals surface area contributed by atoms with E-state index in [-0.39, 0.29) is 0 Å². The molecule has 1 aromatic carbocycles. The molecule has 0 bridgehead atoms. The van der Waals surface area contributed by atoms with Crippen LogP contribution in [-0.2, 0) is 0 Å². The molecule has 0 aliphatic heterocycles. The van der Waals surface area contributed by atoms with Gasteiger partial charge in [0.2, 0.25) is 0 Å². The van der Waals surface area contributed by atoms with Gasteiger partial charge in [-0.2, -0.15) is 0 Å². The molecule has 0 radical (unpaired) electrons. The highest BCUT2D eigenvalue weighted by Crippen LogP contribution is 2.20. The third-order valence-electron chi connectivity index (χ3n) is 2.02. The molecule has 0 fully saturated rings. The van der Waals surface area contributed by atoms with Crippen molar-refractivity contribution in [2.75, 3.05) is 11.9 Å². The van der Waals surface area contributed by atoms with Crippen LogP contribution in [-0.4, -0.2) is 11.5 Å². The largest absolute Gasteiger partial charge is 0.380 e. The Balaban J connectivity index is 2.42. The molecule has 0 saturated heterocycles. The highest BCUT2D eigenvalue weighted by Gasteiger charge is 1.98. The Kier molecular flexibility index (Phi) is 2.04. The number of anilines is 1. The van der Waals surface area contributed by atoms with E-state index in [9.17, 15) is 0 Å². The Morgan fingerprint density at radius 1 is 1.38 bits per heavy atom. The molecule has 0 spiro atoms. The molecule has 1 aromatic heterocycles. The van der Waals surface area contributed by atoms with Gasteiger partial charge in [0.25, 0.3) is 0 Å². The molecule has 0 atom stereocenters. The van der Waals surface area contributed by atoms with Crippen molar-refractivity contribution in [2.45, 2.75) is 0 Å². The summed E-state index contributed by atoms with van der Waals surface area (Å²) in [4.78, 5) is 3.20. The maximum Gasteiger partial charge on any atom is 0.0689 e. The molecule has 2 aromatic rings. The second-order valence-corrected chi connectivity index (χ2v) is 2.92. The topological polar surface area (TPSA) is 27.8 Å². The van der Waals surface area contributed by atoms with E-state index in [1.54, 1.807) is 0 Å². The smallest absolute Gasteiger partial charge is 0.0689 e. The number of H-pyrrole nitrogens is 1. The van der Waals surface area contributed by atoms with Gasteiger partial charge in [-0.15, -0.1) is 6.58 Å². The zero-order valence-corrected chi connectivity index (χ0v) is 7.38. The molecule has 2 heteroatoms. The quantitative estimate of drug-likeness (QED) is 0.684. The Labute approximate surface area is 77.3 Å². The van der Waals surface area contributed by atoms with Gasteiger partial charge in [-0.05, 0) is 12.1 Å². The van der Waals surface area contributed by atoms with E-state index >= 15 is 0 Å². The van der Waals surface area contributed by atoms with Crippen molar-refractivity contribution in [3.05, 3.63) is 43.1 Å². The third-order valence-corrected chi connectivity index (χ3v) is 2.02. The highest BCUT2D eigenvalue weighted by molar-refractivity contribution is 5.90. The van der Waals surface area contributed by atoms with Gasteiger partial charge in [-0.3, -0.25) is 0 Å². The van der Waals surface area contributed by atoms with Gasteiger partial charge < -0.3 is 10.3 Å². The summed E-state index contributed by atoms with van der Waals surface area (Å²) in [7, 11) is 0. The number of hydrogen-bond acceptors (Lipinski definition) is 1. The summed E-state index contributed by atoms with van der Waals surface area (Å²) in [5, 5.41) is 4.50. The number of rotatable bonds is 3. The van der Waals surface area contributed by atoms with Crippen LogP contribution in [0.1, 0.15) is 0 Å². The Morgan fingerprint density at radius 3 is 3.15 bits per heavy atom. The number of aromatic nitrogens is 1. The van der Waals surface area contributed by atoms with Gasteiger partial charge in [-0.25, -0.2) is 0 Å². The highest BCUT2D eigenvalue weighted by atomic mass is 14.9. The average molecular weight is 172 g/mol. The van der Waals surface area contributed by atoms with E-state index in [1.807, 2.05) is 18.3 Å². The standard InChI is InChI=1S/C11H12N2/c1-2-7-12-10-5-3-4-9-6-8-13-11(9)10/h2-6,8,12-13H,1,7H2. The number of hydrogen-bond donors (Lipinski definition) is 2. The minimum absolute atomic E-state index is 0.790. The van der Waals surface area contributed by atoms with E-state index in [1.165, 1.54) is 5.39 Å². The van der Waals surface area contributed by atoms with Gasteiger partial charge in [-0.1, -0.05) is 18.2 Å². The summed E-state index contributed by atoms with van der Waals surface area (Å²) in [6.07, 6.45) is 3.80. The Bertz CT molecular complexity index is 415. The minimum Gasteiger partial charge on any atom is -0.380 e. The number of aromatic amines is 1. The average Bonchev–Trinajstić information content (AvgIpc) is 2.62. The molecule has 0 amide bonds. The van der Waals surface area contributed by atoms with E-state index in [4.69, 9.17) is 0 Å². The fourth-order valence-electron chi connectivity index (χ4n) is 1.41. The van der Waals surface area contributed by atoms with Crippen LogP contribution < -0.4 is 5.32 Å². The molecular formula is C11H12N2. The molecule has 2 rings (SSSR count). The SMILES string of the molecule is C=CCNc1cccc2cc[nH]c12. The molecule has 0 aliphatic carbocycles. The van der Waals surface area contributed by atoms with E-state index in [2.05, 4.69) is 35.1 Å². The van der Waals surface area contributed by atoms with Gasteiger partial charge in [0.05, 0.1) is 11.2 Å². The van der Waals surface area contributed by atoms with Crippen molar-refractivity contribution < 1.29 is 0 Å². The first-order chi connectivity index (χ1) is 6.42. The zero-order valence-electron chi connectivity index (χ0n) is 7.38. The lowest BCUT2D eigenvalue weighted by atomic mass is 10.2. The Morgan fingerprint density at radius 2 is 2.31 bits per heavy atom. The van der Waals surface area contributed by atoms with Gasteiger partial charge in [0.1, 0.15) is 0 Å². The normalized spacial score (nSPS) is 10.2. The second kappa shape index (κ2) is 3.35. The summed E-state index contributed by atoms with van der Waals surface area (Å²) in [6, 6.07) is 8.25. The molecule has 66 valence electrons. The maximum atomic E-state index is 3.67. The summed E-state index contributed by atoms with van der Waals surface area (Å²) in [5.41, 5.74) is 2.28. The van der Waals surface area contributed by atoms with Crippen LogP contribution in [0.2, 0.25) is 0 Å². The molecule has 2 nitrogen and oxygen atoms in total. The summed E-state index contributed by atoms with van der Waals surface area (Å²) >= 11 is 0. The number of benzene rings is 1. The first-order valence-electron chi connectivity index (χ1n) is 4.32. The number of fused-ring (bicyclic) bond motifs is 1. The van der Waals surface area contributed by atoms with Crippen molar-refractivity contribution in [3.63, 3.8) is 0 Å². The molecular weight excluding hydrogens is 160 g/mol. The monoisotopic (exact) mass is 172 g/mol. The van der Waals surface area contributed by atoms with Crippen LogP contribution in [0.25, 0.3) is 10.9 Å². The predicted octanol–water partition coefficient (Wildman–Crippen LogP) is 2.77. The summed E-state index contributed by atoms with van der Waals surface area (Å²) in [5.74, 6) is 0. The maximum absolute atomic E-state index is 3.67. The van der Waals surface area contributed by atoms with Crippen LogP contribution in [0.15, 0.2) is 43.1 Å². The Hall–Kier alpha value is -1.70. The van der Waals surface area contributed by atoms with Crippen LogP contribution >= 0.6 is 0 Å². The number of para-hydroxylation sites is 1. The lowest BCUT2D eigenvalue weighted by Gasteiger charge is -2.03. The fourth-order valence-corrected chi connectivity index (χ4v) is 1.41. The first kappa shape index (κ1) is 7.92. The lowest BCUT2D eigenvalue weighted by Crippen LogP contribution is -1.97. The summed E-state index contributed by atoms with van der Waals surface area (Å²) in [6.45, 7) is 4.46. The van der Waals surface area contributed by atoms with Crippen molar-refractivity contribution in [3.8, 4) is 0 Å². The van der Waals surface area contributed by atoms with Crippen molar-refractivity contribution in [1.29, 1.82) is 0 Å². The van der Waals surface area contributed by atoms with E-state index in [0.29, 0.717) is 0 Å². The molecule has 0 aliphatic rings. The van der Waals surface area contributed by atoms with Crippen molar-refractivity contribution >= 4 is 16.6 Å². The number of nitrogens with one attached hydrogen (secondary N) is 2. The van der Waals surface area contributed by atoms with Gasteiger partial charge in [0.15, 0.2) is 0 Å². The predicted molar refractivity (Wildman–Crippen MR) is 57.0 cm³/mol. The van der Waals surface area contributed by atoms with Crippen molar-refractivity contribution in [1.82, 2.24) is 4.98 Å². The molecule has 0 unspecified atom stereocenters. The third kappa shape index (κ3) is 1.43. The molecule has 2 N–H and O–H groups in total. The van der Waals surface area contributed by atoms with E-state index in [0.717, 1.165) is 17.7 Å². The summed E-state index contributed by atoms with van der Waals surface area (Å²) < 4.78 is 0. The minimum atomic E-state index is 0.790.